The van der Waals surface area contributed by atoms with Crippen molar-refractivity contribution in [3.05, 3.63) is 59.7 Å². The molecule has 0 fully saturated rings. The Morgan fingerprint density at radius 2 is 2.00 bits per heavy atom. The van der Waals surface area contributed by atoms with Crippen LogP contribution in [-0.2, 0) is 6.42 Å². The fourth-order valence-electron chi connectivity index (χ4n) is 1.98. The number of ether oxygens (including phenoxy) is 2. The highest BCUT2D eigenvalue weighted by Crippen LogP contribution is 2.27. The third-order valence-electron chi connectivity index (χ3n) is 3.07. The van der Waals surface area contributed by atoms with Gasteiger partial charge in [0.25, 0.3) is 0 Å². The van der Waals surface area contributed by atoms with Crippen molar-refractivity contribution in [2.75, 3.05) is 13.7 Å². The summed E-state index contributed by atoms with van der Waals surface area (Å²) in [5.41, 5.74) is 9.04. The number of hydrazone groups is 1. The number of carbonyl (C=O) groups excluding carboxylic acids is 1. The van der Waals surface area contributed by atoms with Gasteiger partial charge in [-0.2, -0.15) is 5.10 Å². The first-order valence-electron chi connectivity index (χ1n) is 7.12. The number of benzene rings is 2. The molecule has 0 aliphatic rings. The predicted octanol–water partition coefficient (Wildman–Crippen LogP) is 2.32. The molecule has 0 atom stereocenters. The maximum Gasteiger partial charge on any atom is 0.332 e. The smallest absolute Gasteiger partial charge is 0.332 e. The summed E-state index contributed by atoms with van der Waals surface area (Å²) in [5, 5.41) is 3.70. The SMILES string of the molecule is COc1cc(/C=N/NC(N)=O)ccc1OCCc1ccccc1. The van der Waals surface area contributed by atoms with Crippen molar-refractivity contribution in [3.63, 3.8) is 0 Å². The zero-order valence-corrected chi connectivity index (χ0v) is 12.9. The van der Waals surface area contributed by atoms with Gasteiger partial charge in [-0.05, 0) is 29.3 Å². The van der Waals surface area contributed by atoms with Crippen LogP contribution in [0.5, 0.6) is 11.5 Å². The Bertz CT molecular complexity index is 672. The van der Waals surface area contributed by atoms with Crippen LogP contribution in [0.25, 0.3) is 0 Å². The van der Waals surface area contributed by atoms with Gasteiger partial charge < -0.3 is 15.2 Å². The molecule has 0 saturated carbocycles. The summed E-state index contributed by atoms with van der Waals surface area (Å²) in [6, 6.07) is 14.8. The second-order valence-corrected chi connectivity index (χ2v) is 4.73. The van der Waals surface area contributed by atoms with Crippen LogP contribution in [0, 0.1) is 0 Å². The Balaban J connectivity index is 1.96. The van der Waals surface area contributed by atoms with Crippen molar-refractivity contribution in [1.82, 2.24) is 5.43 Å². The third-order valence-corrected chi connectivity index (χ3v) is 3.07. The zero-order valence-electron chi connectivity index (χ0n) is 12.9. The van der Waals surface area contributed by atoms with Crippen LogP contribution in [0.15, 0.2) is 53.6 Å². The van der Waals surface area contributed by atoms with Gasteiger partial charge in [0.05, 0.1) is 19.9 Å². The van der Waals surface area contributed by atoms with Crippen LogP contribution in [0.2, 0.25) is 0 Å². The van der Waals surface area contributed by atoms with Gasteiger partial charge in [0.1, 0.15) is 0 Å². The van der Waals surface area contributed by atoms with Crippen LogP contribution in [-0.4, -0.2) is 26.0 Å². The van der Waals surface area contributed by atoms with Crippen molar-refractivity contribution >= 4 is 12.2 Å². The lowest BCUT2D eigenvalue weighted by Gasteiger charge is -2.11. The van der Waals surface area contributed by atoms with Crippen molar-refractivity contribution in [2.45, 2.75) is 6.42 Å². The molecular weight excluding hydrogens is 294 g/mol. The van der Waals surface area contributed by atoms with E-state index in [1.54, 1.807) is 19.2 Å². The fraction of sp³-hybridized carbons (Fsp3) is 0.176. The lowest BCUT2D eigenvalue weighted by Crippen LogP contribution is -2.24. The number of rotatable bonds is 7. The molecule has 6 heteroatoms. The molecule has 0 bridgehead atoms. The van der Waals surface area contributed by atoms with Crippen molar-refractivity contribution < 1.29 is 14.3 Å². The minimum Gasteiger partial charge on any atom is -0.493 e. The molecule has 0 spiro atoms. The van der Waals surface area contributed by atoms with E-state index in [9.17, 15) is 4.79 Å². The maximum absolute atomic E-state index is 10.6. The third kappa shape index (κ3) is 5.35. The molecule has 6 nitrogen and oxygen atoms in total. The Kier molecular flexibility index (Phi) is 5.99. The highest BCUT2D eigenvalue weighted by atomic mass is 16.5. The van der Waals surface area contributed by atoms with Gasteiger partial charge >= 0.3 is 6.03 Å². The normalized spacial score (nSPS) is 10.5. The molecule has 2 rings (SSSR count). The highest BCUT2D eigenvalue weighted by molar-refractivity contribution is 5.82. The summed E-state index contributed by atoms with van der Waals surface area (Å²) in [4.78, 5) is 10.6. The Morgan fingerprint density at radius 3 is 2.70 bits per heavy atom. The quantitative estimate of drug-likeness (QED) is 0.607. The number of carbonyl (C=O) groups is 1. The second-order valence-electron chi connectivity index (χ2n) is 4.73. The van der Waals surface area contributed by atoms with E-state index in [0.717, 1.165) is 12.0 Å². The van der Waals surface area contributed by atoms with Gasteiger partial charge in [-0.1, -0.05) is 30.3 Å². The molecule has 2 aromatic carbocycles. The first kappa shape index (κ1) is 16.4. The molecule has 0 aliphatic heterocycles. The molecular formula is C17H19N3O3. The first-order valence-corrected chi connectivity index (χ1v) is 7.12. The number of nitrogens with one attached hydrogen (secondary N) is 1. The number of hydrogen-bond donors (Lipinski definition) is 2. The summed E-state index contributed by atoms with van der Waals surface area (Å²) in [7, 11) is 1.57. The van der Waals surface area contributed by atoms with E-state index in [1.807, 2.05) is 24.3 Å². The van der Waals surface area contributed by atoms with Crippen LogP contribution < -0.4 is 20.6 Å². The molecule has 23 heavy (non-hydrogen) atoms. The molecule has 2 aromatic rings. The number of primary amides is 1. The summed E-state index contributed by atoms with van der Waals surface area (Å²) in [6.45, 7) is 0.553. The minimum absolute atomic E-state index is 0.553. The lowest BCUT2D eigenvalue weighted by molar-refractivity contribution is 0.249. The van der Waals surface area contributed by atoms with E-state index in [4.69, 9.17) is 15.2 Å². The Labute approximate surface area is 134 Å². The summed E-state index contributed by atoms with van der Waals surface area (Å²) >= 11 is 0. The van der Waals surface area contributed by atoms with Gasteiger partial charge in [-0.15, -0.1) is 0 Å². The molecule has 2 amide bonds. The summed E-state index contributed by atoms with van der Waals surface area (Å²) in [5.74, 6) is 1.25. The van der Waals surface area contributed by atoms with Crippen LogP contribution in [0.1, 0.15) is 11.1 Å². The summed E-state index contributed by atoms with van der Waals surface area (Å²) in [6.07, 6.45) is 2.29. The van der Waals surface area contributed by atoms with Crippen LogP contribution >= 0.6 is 0 Å². The van der Waals surface area contributed by atoms with E-state index >= 15 is 0 Å². The van der Waals surface area contributed by atoms with E-state index in [1.165, 1.54) is 11.8 Å². The minimum atomic E-state index is -0.714. The van der Waals surface area contributed by atoms with Crippen molar-refractivity contribution in [1.29, 1.82) is 0 Å². The molecule has 3 N–H and O–H groups in total. The first-order chi connectivity index (χ1) is 11.2. The predicted molar refractivity (Wildman–Crippen MR) is 88.9 cm³/mol. The van der Waals surface area contributed by atoms with Crippen molar-refractivity contribution in [3.8, 4) is 11.5 Å². The highest BCUT2D eigenvalue weighted by Gasteiger charge is 2.05. The topological polar surface area (TPSA) is 85.9 Å². The van der Waals surface area contributed by atoms with Crippen LogP contribution in [0.3, 0.4) is 0 Å². The Hall–Kier alpha value is -3.02. The molecule has 120 valence electrons. The number of methoxy groups -OCH3 is 1. The average molecular weight is 313 g/mol. The Morgan fingerprint density at radius 1 is 1.22 bits per heavy atom. The molecule has 0 heterocycles. The molecule has 0 aliphatic carbocycles. The number of urea groups is 1. The number of amides is 2. The molecule has 0 radical (unpaired) electrons. The summed E-state index contributed by atoms with van der Waals surface area (Å²) < 4.78 is 11.1. The van der Waals surface area contributed by atoms with E-state index in [2.05, 4.69) is 22.7 Å². The molecule has 0 unspecified atom stereocenters. The maximum atomic E-state index is 10.6. The number of nitrogens with zero attached hydrogens (tertiary/aromatic N) is 1. The zero-order chi connectivity index (χ0) is 16.5. The largest absolute Gasteiger partial charge is 0.493 e. The average Bonchev–Trinajstić information content (AvgIpc) is 2.56. The fourth-order valence-corrected chi connectivity index (χ4v) is 1.98. The van der Waals surface area contributed by atoms with Crippen molar-refractivity contribution in [2.24, 2.45) is 10.8 Å². The van der Waals surface area contributed by atoms with E-state index in [-0.39, 0.29) is 0 Å². The lowest BCUT2D eigenvalue weighted by atomic mass is 10.2. The van der Waals surface area contributed by atoms with Gasteiger partial charge in [0, 0.05) is 6.42 Å². The van der Waals surface area contributed by atoms with E-state index in [0.29, 0.717) is 18.1 Å². The van der Waals surface area contributed by atoms with Gasteiger partial charge in [0.2, 0.25) is 0 Å². The van der Waals surface area contributed by atoms with Crippen LogP contribution in [0.4, 0.5) is 4.79 Å². The number of nitrogens with two attached hydrogens (primary N) is 1. The van der Waals surface area contributed by atoms with Gasteiger partial charge in [0.15, 0.2) is 11.5 Å². The standard InChI is InChI=1S/C17H19N3O3/c1-22-16-11-14(12-19-20-17(18)21)7-8-15(16)23-10-9-13-5-3-2-4-6-13/h2-8,11-12H,9-10H2,1H3,(H3,18,20,21)/b19-12+. The van der Waals surface area contributed by atoms with E-state index < -0.39 is 6.03 Å². The molecule has 0 aromatic heterocycles. The molecule has 0 saturated heterocycles. The van der Waals surface area contributed by atoms with Gasteiger partial charge in [-0.3, -0.25) is 0 Å². The number of hydrogen-bond acceptors (Lipinski definition) is 4. The second kappa shape index (κ2) is 8.43. The van der Waals surface area contributed by atoms with Gasteiger partial charge in [-0.25, -0.2) is 10.2 Å². The monoisotopic (exact) mass is 313 g/mol.